The van der Waals surface area contributed by atoms with Crippen LogP contribution < -0.4 is 5.32 Å². The summed E-state index contributed by atoms with van der Waals surface area (Å²) in [5.41, 5.74) is 1.25. The zero-order valence-electron chi connectivity index (χ0n) is 11.7. The van der Waals surface area contributed by atoms with Crippen LogP contribution in [0.3, 0.4) is 0 Å². The first-order chi connectivity index (χ1) is 10.1. The molecule has 0 aromatic heterocycles. The Morgan fingerprint density at radius 3 is 2.52 bits per heavy atom. The molecule has 3 rings (SSSR count). The number of benzene rings is 1. The molecule has 0 bridgehead atoms. The van der Waals surface area contributed by atoms with Crippen LogP contribution in [0.5, 0.6) is 0 Å². The van der Waals surface area contributed by atoms with Crippen molar-refractivity contribution in [3.63, 3.8) is 0 Å². The number of amides is 1. The van der Waals surface area contributed by atoms with Gasteiger partial charge in [-0.25, -0.2) is 0 Å². The number of nitrogens with one attached hydrogen (secondary N) is 1. The Kier molecular flexibility index (Phi) is 4.19. The number of thioether (sulfide) groups is 1. The molecular formula is C16H19NO3S. The highest BCUT2D eigenvalue weighted by molar-refractivity contribution is 8.01. The lowest BCUT2D eigenvalue weighted by atomic mass is 9.86. The Bertz CT molecular complexity index is 527. The second kappa shape index (κ2) is 6.10. The maximum Gasteiger partial charge on any atom is 0.306 e. The number of fused-ring (bicyclic) bond motifs is 1. The Morgan fingerprint density at radius 2 is 1.86 bits per heavy atom. The quantitative estimate of drug-likeness (QED) is 0.900. The molecule has 1 aromatic carbocycles. The van der Waals surface area contributed by atoms with Gasteiger partial charge in [-0.1, -0.05) is 18.2 Å². The van der Waals surface area contributed by atoms with E-state index in [4.69, 9.17) is 5.11 Å². The maximum atomic E-state index is 12.3. The van der Waals surface area contributed by atoms with Gasteiger partial charge in [0.25, 0.3) is 0 Å². The number of aliphatic carboxylic acids is 1. The molecule has 1 aliphatic carbocycles. The molecule has 1 fully saturated rings. The predicted molar refractivity (Wildman–Crippen MR) is 81.3 cm³/mol. The Morgan fingerprint density at radius 1 is 1.14 bits per heavy atom. The number of carboxylic acids is 1. The molecule has 1 atom stereocenters. The van der Waals surface area contributed by atoms with E-state index in [1.54, 1.807) is 11.8 Å². The number of carbonyl (C=O) groups is 2. The summed E-state index contributed by atoms with van der Waals surface area (Å²) in [6.07, 6.45) is 3.66. The van der Waals surface area contributed by atoms with Crippen LogP contribution in [-0.4, -0.2) is 28.3 Å². The topological polar surface area (TPSA) is 66.4 Å². The molecule has 2 aliphatic rings. The molecule has 1 aromatic rings. The van der Waals surface area contributed by atoms with Crippen molar-refractivity contribution >= 4 is 23.6 Å². The monoisotopic (exact) mass is 305 g/mol. The predicted octanol–water partition coefficient (Wildman–Crippen LogP) is 2.46. The van der Waals surface area contributed by atoms with E-state index in [0.717, 1.165) is 19.3 Å². The van der Waals surface area contributed by atoms with Gasteiger partial charge in [-0.05, 0) is 43.7 Å². The summed E-state index contributed by atoms with van der Waals surface area (Å²) >= 11 is 1.63. The number of carbonyl (C=O) groups excluding carboxylic acids is 1. The van der Waals surface area contributed by atoms with Crippen molar-refractivity contribution in [3.8, 4) is 0 Å². The van der Waals surface area contributed by atoms with E-state index in [-0.39, 0.29) is 23.1 Å². The third kappa shape index (κ3) is 3.23. The summed E-state index contributed by atoms with van der Waals surface area (Å²) < 4.78 is 0. The zero-order chi connectivity index (χ0) is 14.8. The molecule has 1 saturated carbocycles. The van der Waals surface area contributed by atoms with Crippen molar-refractivity contribution in [2.24, 2.45) is 5.92 Å². The second-order valence-corrected chi connectivity index (χ2v) is 7.06. The van der Waals surface area contributed by atoms with Crippen molar-refractivity contribution in [1.82, 2.24) is 5.32 Å². The SMILES string of the molecule is O=C(O)C1CCC(NC(=O)C2Cc3ccccc3S2)CC1. The fraction of sp³-hybridized carbons (Fsp3) is 0.500. The zero-order valence-corrected chi connectivity index (χ0v) is 12.6. The number of hydrogen-bond acceptors (Lipinski definition) is 3. The van der Waals surface area contributed by atoms with Crippen LogP contribution in [0.15, 0.2) is 29.2 Å². The van der Waals surface area contributed by atoms with Crippen molar-refractivity contribution < 1.29 is 14.7 Å². The Hall–Kier alpha value is -1.49. The summed E-state index contributed by atoms with van der Waals surface area (Å²) in [6, 6.07) is 8.28. The fourth-order valence-electron chi connectivity index (χ4n) is 3.11. The van der Waals surface area contributed by atoms with Crippen LogP contribution >= 0.6 is 11.8 Å². The van der Waals surface area contributed by atoms with Gasteiger partial charge in [0.05, 0.1) is 11.2 Å². The number of carboxylic acid groups (broad SMARTS) is 1. The Balaban J connectivity index is 1.51. The first-order valence-corrected chi connectivity index (χ1v) is 8.29. The van der Waals surface area contributed by atoms with Crippen molar-refractivity contribution in [3.05, 3.63) is 29.8 Å². The van der Waals surface area contributed by atoms with E-state index in [0.29, 0.717) is 12.8 Å². The fourth-order valence-corrected chi connectivity index (χ4v) is 4.31. The molecule has 0 radical (unpaired) electrons. The Labute approximate surface area is 128 Å². The highest BCUT2D eigenvalue weighted by Gasteiger charge is 2.31. The van der Waals surface area contributed by atoms with Gasteiger partial charge in [0.1, 0.15) is 0 Å². The summed E-state index contributed by atoms with van der Waals surface area (Å²) in [5, 5.41) is 12.0. The van der Waals surface area contributed by atoms with Gasteiger partial charge in [-0.2, -0.15) is 0 Å². The molecule has 21 heavy (non-hydrogen) atoms. The largest absolute Gasteiger partial charge is 0.481 e. The van der Waals surface area contributed by atoms with Gasteiger partial charge in [0, 0.05) is 10.9 Å². The van der Waals surface area contributed by atoms with E-state index < -0.39 is 5.97 Å². The van der Waals surface area contributed by atoms with Crippen molar-refractivity contribution in [2.75, 3.05) is 0 Å². The van der Waals surface area contributed by atoms with Crippen molar-refractivity contribution in [2.45, 2.75) is 48.3 Å². The molecule has 2 N–H and O–H groups in total. The van der Waals surface area contributed by atoms with Gasteiger partial charge < -0.3 is 10.4 Å². The van der Waals surface area contributed by atoms with Crippen LogP contribution in [0, 0.1) is 5.92 Å². The third-order valence-electron chi connectivity index (χ3n) is 4.36. The average Bonchev–Trinajstić information content (AvgIpc) is 2.92. The van der Waals surface area contributed by atoms with E-state index in [1.807, 2.05) is 12.1 Å². The van der Waals surface area contributed by atoms with Crippen LogP contribution in [0.25, 0.3) is 0 Å². The highest BCUT2D eigenvalue weighted by atomic mass is 32.2. The minimum atomic E-state index is -0.707. The van der Waals surface area contributed by atoms with Crippen molar-refractivity contribution in [1.29, 1.82) is 0 Å². The van der Waals surface area contributed by atoms with Gasteiger partial charge >= 0.3 is 5.97 Å². The van der Waals surface area contributed by atoms with Gasteiger partial charge in [-0.15, -0.1) is 11.8 Å². The second-order valence-electron chi connectivity index (χ2n) is 5.81. The van der Waals surface area contributed by atoms with Crippen LogP contribution in [0.2, 0.25) is 0 Å². The summed E-state index contributed by atoms with van der Waals surface area (Å²) in [6.45, 7) is 0. The molecule has 0 saturated heterocycles. The van der Waals surface area contributed by atoms with Crippen LogP contribution in [0.1, 0.15) is 31.2 Å². The lowest BCUT2D eigenvalue weighted by Gasteiger charge is -2.27. The smallest absolute Gasteiger partial charge is 0.306 e. The normalized spacial score (nSPS) is 27.9. The van der Waals surface area contributed by atoms with Gasteiger partial charge in [0.2, 0.25) is 5.91 Å². The first-order valence-electron chi connectivity index (χ1n) is 7.41. The molecule has 4 nitrogen and oxygen atoms in total. The van der Waals surface area contributed by atoms with E-state index in [9.17, 15) is 9.59 Å². The maximum absolute atomic E-state index is 12.3. The van der Waals surface area contributed by atoms with Gasteiger partial charge in [-0.3, -0.25) is 9.59 Å². The van der Waals surface area contributed by atoms with E-state index in [1.165, 1.54) is 10.5 Å². The molecular weight excluding hydrogens is 286 g/mol. The molecule has 1 amide bonds. The standard InChI is InChI=1S/C16H19NO3S/c18-15(14-9-11-3-1-2-4-13(11)21-14)17-12-7-5-10(6-8-12)16(19)20/h1-4,10,12,14H,5-9H2,(H,17,18)(H,19,20). The van der Waals surface area contributed by atoms with E-state index in [2.05, 4.69) is 17.4 Å². The summed E-state index contributed by atoms with van der Waals surface area (Å²) in [4.78, 5) is 24.5. The number of hydrogen-bond donors (Lipinski definition) is 2. The summed E-state index contributed by atoms with van der Waals surface area (Å²) in [7, 11) is 0. The van der Waals surface area contributed by atoms with Gasteiger partial charge in [0.15, 0.2) is 0 Å². The van der Waals surface area contributed by atoms with Crippen LogP contribution in [0.4, 0.5) is 0 Å². The highest BCUT2D eigenvalue weighted by Crippen LogP contribution is 2.37. The molecule has 1 unspecified atom stereocenters. The third-order valence-corrected chi connectivity index (χ3v) is 5.68. The number of rotatable bonds is 3. The molecule has 112 valence electrons. The lowest BCUT2D eigenvalue weighted by Crippen LogP contribution is -2.42. The summed E-state index contributed by atoms with van der Waals surface area (Å²) in [5.74, 6) is -0.847. The lowest BCUT2D eigenvalue weighted by molar-refractivity contribution is -0.142. The molecule has 5 heteroatoms. The molecule has 1 heterocycles. The van der Waals surface area contributed by atoms with E-state index >= 15 is 0 Å². The molecule has 0 spiro atoms. The van der Waals surface area contributed by atoms with Crippen LogP contribution in [-0.2, 0) is 16.0 Å². The average molecular weight is 305 g/mol. The minimum Gasteiger partial charge on any atom is -0.481 e. The minimum absolute atomic E-state index is 0.0420. The first kappa shape index (κ1) is 14.4. The molecule has 1 aliphatic heterocycles.